The number of thioether (sulfide) groups is 1. The fourth-order valence-corrected chi connectivity index (χ4v) is 6.89. The van der Waals surface area contributed by atoms with E-state index >= 15 is 0 Å². The number of morpholine rings is 1. The first-order valence-electron chi connectivity index (χ1n) is 11.2. The van der Waals surface area contributed by atoms with E-state index in [0.29, 0.717) is 19.0 Å². The standard InChI is InChI=1S/C24H28N4O2S2/c1-15-7-8-17-20(13-15)32-24-22(17)23(25-16(2)26-24)31-14-21(29)27-18-5-3-4-6-19(18)28-9-11-30-12-10-28/h3-6,15H,7-14H2,1-2H3,(H,27,29). The summed E-state index contributed by atoms with van der Waals surface area (Å²) < 4.78 is 5.47. The van der Waals surface area contributed by atoms with Crippen LogP contribution in [0.5, 0.6) is 0 Å². The van der Waals surface area contributed by atoms with Crippen LogP contribution in [0.15, 0.2) is 29.3 Å². The summed E-state index contributed by atoms with van der Waals surface area (Å²) in [7, 11) is 0. The van der Waals surface area contributed by atoms with Gasteiger partial charge in [-0.2, -0.15) is 0 Å². The van der Waals surface area contributed by atoms with Gasteiger partial charge >= 0.3 is 0 Å². The van der Waals surface area contributed by atoms with Gasteiger partial charge < -0.3 is 15.0 Å². The lowest BCUT2D eigenvalue weighted by Crippen LogP contribution is -2.36. The SMILES string of the molecule is Cc1nc(SCC(=O)Nc2ccccc2N2CCOCC2)c2c3c(sc2n1)CC(C)CC3. The van der Waals surface area contributed by atoms with Crippen molar-refractivity contribution in [2.24, 2.45) is 5.92 Å². The number of hydrogen-bond donors (Lipinski definition) is 1. The molecule has 0 saturated carbocycles. The molecule has 1 aliphatic carbocycles. The maximum atomic E-state index is 12.9. The molecule has 6 nitrogen and oxygen atoms in total. The summed E-state index contributed by atoms with van der Waals surface area (Å²) in [5.41, 5.74) is 3.31. The number of fused-ring (bicyclic) bond motifs is 3. The summed E-state index contributed by atoms with van der Waals surface area (Å²) in [6, 6.07) is 8.00. The van der Waals surface area contributed by atoms with Crippen molar-refractivity contribution < 1.29 is 9.53 Å². The van der Waals surface area contributed by atoms with Gasteiger partial charge in [-0.1, -0.05) is 30.8 Å². The molecule has 1 aliphatic heterocycles. The maximum Gasteiger partial charge on any atom is 0.234 e. The molecule has 168 valence electrons. The minimum Gasteiger partial charge on any atom is -0.378 e. The predicted octanol–water partition coefficient (Wildman–Crippen LogP) is 4.69. The molecule has 1 saturated heterocycles. The van der Waals surface area contributed by atoms with Gasteiger partial charge in [-0.25, -0.2) is 9.97 Å². The molecule has 32 heavy (non-hydrogen) atoms. The molecule has 2 aromatic heterocycles. The van der Waals surface area contributed by atoms with Gasteiger partial charge in [0.1, 0.15) is 15.7 Å². The summed E-state index contributed by atoms with van der Waals surface area (Å²) in [6.45, 7) is 7.35. The van der Waals surface area contributed by atoms with Crippen molar-refractivity contribution in [1.82, 2.24) is 9.97 Å². The van der Waals surface area contributed by atoms with Crippen LogP contribution in [0.25, 0.3) is 10.2 Å². The van der Waals surface area contributed by atoms with Crippen molar-refractivity contribution in [2.45, 2.75) is 38.1 Å². The van der Waals surface area contributed by atoms with E-state index in [9.17, 15) is 4.79 Å². The molecule has 2 aliphatic rings. The molecule has 0 bridgehead atoms. The van der Waals surface area contributed by atoms with Gasteiger partial charge in [0.2, 0.25) is 5.91 Å². The number of benzene rings is 1. The Morgan fingerprint density at radius 1 is 1.28 bits per heavy atom. The Labute approximate surface area is 196 Å². The fourth-order valence-electron chi connectivity index (χ4n) is 4.49. The van der Waals surface area contributed by atoms with Crippen LogP contribution in [0.1, 0.15) is 29.6 Å². The van der Waals surface area contributed by atoms with Crippen molar-refractivity contribution in [3.8, 4) is 0 Å². The molecule has 3 aromatic rings. The topological polar surface area (TPSA) is 67.4 Å². The Bertz CT molecular complexity index is 1140. The molecule has 1 fully saturated rings. The third-order valence-corrected chi connectivity index (χ3v) is 8.23. The molecule has 0 radical (unpaired) electrons. The van der Waals surface area contributed by atoms with Crippen LogP contribution in [0.2, 0.25) is 0 Å². The number of hydrogen-bond acceptors (Lipinski definition) is 7. The highest BCUT2D eigenvalue weighted by molar-refractivity contribution is 8.00. The van der Waals surface area contributed by atoms with Gasteiger partial charge in [0.25, 0.3) is 0 Å². The van der Waals surface area contributed by atoms with Crippen molar-refractivity contribution in [3.63, 3.8) is 0 Å². The van der Waals surface area contributed by atoms with E-state index in [1.54, 1.807) is 11.3 Å². The number of carbonyl (C=O) groups excluding carboxylic acids is 1. The fraction of sp³-hybridized carbons (Fsp3) is 0.458. The second kappa shape index (κ2) is 9.37. The zero-order valence-corrected chi connectivity index (χ0v) is 20.2. The van der Waals surface area contributed by atoms with Crippen molar-refractivity contribution in [1.29, 1.82) is 0 Å². The van der Waals surface area contributed by atoms with Crippen LogP contribution in [0.3, 0.4) is 0 Å². The molecule has 1 unspecified atom stereocenters. The zero-order chi connectivity index (χ0) is 22.1. The minimum atomic E-state index is -0.0159. The number of thiophene rings is 1. The van der Waals surface area contributed by atoms with E-state index in [4.69, 9.17) is 14.7 Å². The number of rotatable bonds is 5. The number of ether oxygens (including phenoxy) is 1. The van der Waals surface area contributed by atoms with E-state index in [1.807, 2.05) is 25.1 Å². The normalized spacial score (nSPS) is 18.6. The second-order valence-electron chi connectivity index (χ2n) is 8.56. The smallest absolute Gasteiger partial charge is 0.234 e. The summed E-state index contributed by atoms with van der Waals surface area (Å²) >= 11 is 3.33. The summed E-state index contributed by atoms with van der Waals surface area (Å²) in [5, 5.41) is 5.24. The second-order valence-corrected chi connectivity index (χ2v) is 10.6. The first-order chi connectivity index (χ1) is 15.6. The highest BCUT2D eigenvalue weighted by Gasteiger charge is 2.24. The number of anilines is 2. The molecule has 5 rings (SSSR count). The summed E-state index contributed by atoms with van der Waals surface area (Å²) in [4.78, 5) is 27.1. The number of para-hydroxylation sites is 2. The van der Waals surface area contributed by atoms with Gasteiger partial charge in [0, 0.05) is 23.4 Å². The Balaban J connectivity index is 1.33. The third-order valence-electron chi connectivity index (χ3n) is 6.10. The lowest BCUT2D eigenvalue weighted by molar-refractivity contribution is -0.113. The van der Waals surface area contributed by atoms with Gasteiger partial charge in [0.15, 0.2) is 0 Å². The highest BCUT2D eigenvalue weighted by atomic mass is 32.2. The van der Waals surface area contributed by atoms with Crippen LogP contribution in [0.4, 0.5) is 11.4 Å². The average Bonchev–Trinajstić information content (AvgIpc) is 3.15. The van der Waals surface area contributed by atoms with Gasteiger partial charge in [-0.3, -0.25) is 4.79 Å². The summed E-state index contributed by atoms with van der Waals surface area (Å²) in [5.74, 6) is 1.80. The first kappa shape index (κ1) is 21.7. The van der Waals surface area contributed by atoms with E-state index in [0.717, 1.165) is 58.9 Å². The number of amides is 1. The Morgan fingerprint density at radius 3 is 2.94 bits per heavy atom. The predicted molar refractivity (Wildman–Crippen MR) is 132 cm³/mol. The summed E-state index contributed by atoms with van der Waals surface area (Å²) in [6.07, 6.45) is 3.41. The Morgan fingerprint density at radius 2 is 2.09 bits per heavy atom. The van der Waals surface area contributed by atoms with Crippen LogP contribution < -0.4 is 10.2 Å². The van der Waals surface area contributed by atoms with Gasteiger partial charge in [-0.05, 0) is 49.8 Å². The molecule has 1 amide bonds. The van der Waals surface area contributed by atoms with E-state index in [2.05, 4.69) is 23.2 Å². The van der Waals surface area contributed by atoms with Gasteiger partial charge in [0.05, 0.1) is 30.3 Å². The molecule has 3 heterocycles. The molecule has 8 heteroatoms. The number of aryl methyl sites for hydroxylation is 2. The molecule has 1 atom stereocenters. The van der Waals surface area contributed by atoms with Crippen molar-refractivity contribution >= 4 is 50.6 Å². The first-order valence-corrected chi connectivity index (χ1v) is 13.0. The van der Waals surface area contributed by atoms with Crippen LogP contribution in [-0.4, -0.2) is 47.9 Å². The molecular weight excluding hydrogens is 440 g/mol. The van der Waals surface area contributed by atoms with E-state index < -0.39 is 0 Å². The lowest BCUT2D eigenvalue weighted by Gasteiger charge is -2.30. The third kappa shape index (κ3) is 4.49. The van der Waals surface area contributed by atoms with Gasteiger partial charge in [-0.15, -0.1) is 11.3 Å². The quantitative estimate of drug-likeness (QED) is 0.433. The molecular formula is C24H28N4O2S2. The van der Waals surface area contributed by atoms with Crippen LogP contribution >= 0.6 is 23.1 Å². The van der Waals surface area contributed by atoms with Crippen LogP contribution in [-0.2, 0) is 22.4 Å². The Kier molecular flexibility index (Phi) is 6.35. The molecule has 1 aromatic carbocycles. The average molecular weight is 469 g/mol. The zero-order valence-electron chi connectivity index (χ0n) is 18.5. The molecule has 0 spiro atoms. The monoisotopic (exact) mass is 468 g/mol. The van der Waals surface area contributed by atoms with E-state index in [1.165, 1.54) is 34.0 Å². The maximum absolute atomic E-state index is 12.9. The van der Waals surface area contributed by atoms with Crippen molar-refractivity contribution in [2.75, 3.05) is 42.3 Å². The minimum absolute atomic E-state index is 0.0159. The number of nitrogens with zero attached hydrogens (tertiary/aromatic N) is 3. The highest BCUT2D eigenvalue weighted by Crippen LogP contribution is 2.41. The van der Waals surface area contributed by atoms with Crippen LogP contribution in [0, 0.1) is 12.8 Å². The molecule has 1 N–H and O–H groups in total. The van der Waals surface area contributed by atoms with E-state index in [-0.39, 0.29) is 5.91 Å². The number of aromatic nitrogens is 2. The largest absolute Gasteiger partial charge is 0.378 e. The number of carbonyl (C=O) groups is 1. The Hall–Kier alpha value is -2.16. The lowest BCUT2D eigenvalue weighted by atomic mass is 9.89. The number of nitrogens with one attached hydrogen (secondary N) is 1. The van der Waals surface area contributed by atoms with Crippen molar-refractivity contribution in [3.05, 3.63) is 40.5 Å².